The van der Waals surface area contributed by atoms with Gasteiger partial charge in [-0.15, -0.1) is 0 Å². The zero-order valence-electron chi connectivity index (χ0n) is 54.0. The molecule has 32 heteroatoms. The molecule has 9 aromatic rings. The third-order valence-corrected chi connectivity index (χ3v) is 19.2. The van der Waals surface area contributed by atoms with Gasteiger partial charge < -0.3 is 40.8 Å². The van der Waals surface area contributed by atoms with Crippen molar-refractivity contribution in [2.24, 2.45) is 5.73 Å². The van der Waals surface area contributed by atoms with Gasteiger partial charge in [-0.3, -0.25) is 41.7 Å². The van der Waals surface area contributed by atoms with Crippen LogP contribution in [0.3, 0.4) is 0 Å². The number of carboxylic acids is 1. The monoisotopic (exact) mass is 1910 g/mol. The molecule has 1 atom stereocenters. The zero-order chi connectivity index (χ0) is 70.6. The van der Waals surface area contributed by atoms with Crippen molar-refractivity contribution >= 4 is 207 Å². The lowest BCUT2D eigenvalue weighted by atomic mass is 10.1. The van der Waals surface area contributed by atoms with Crippen molar-refractivity contribution in [3.8, 4) is 0 Å². The van der Waals surface area contributed by atoms with Crippen molar-refractivity contribution in [1.29, 1.82) is 0 Å². The first-order chi connectivity index (χ1) is 44.1. The highest BCUT2D eigenvalue weighted by Crippen LogP contribution is 2.24. The Balaban J connectivity index is 0.000000248. The van der Waals surface area contributed by atoms with E-state index in [4.69, 9.17) is 35.5 Å². The van der Waals surface area contributed by atoms with Crippen molar-refractivity contribution in [2.45, 2.75) is 94.3 Å². The number of methoxy groups -OCH3 is 4. The number of nitrogens with one attached hydrogen (secondary N) is 1. The summed E-state index contributed by atoms with van der Waals surface area (Å²) in [7, 11) is 1.37. The second-order valence-electron chi connectivity index (χ2n) is 22.1. The van der Waals surface area contributed by atoms with Crippen LogP contribution in [0.2, 0.25) is 0 Å². The summed E-state index contributed by atoms with van der Waals surface area (Å²) >= 11 is 12.0. The van der Waals surface area contributed by atoms with Crippen LogP contribution >= 0.6 is 125 Å². The van der Waals surface area contributed by atoms with Gasteiger partial charge >= 0.3 is 5.97 Å². The van der Waals surface area contributed by atoms with Gasteiger partial charge in [0.25, 0.3) is 22.2 Å². The zero-order valence-corrected chi connectivity index (χ0v) is 67.2. The highest BCUT2D eigenvalue weighted by Gasteiger charge is 2.22. The molecule has 0 amide bonds. The molecule has 0 saturated carbocycles. The number of rotatable bonds is 17. The second-order valence-corrected chi connectivity index (χ2v) is 31.9. The fourth-order valence-corrected chi connectivity index (χ4v) is 13.2. The minimum Gasteiger partial charge on any atom is -0.478 e. The Morgan fingerprint density at radius 3 is 1.30 bits per heavy atom. The van der Waals surface area contributed by atoms with Crippen molar-refractivity contribution in [3.05, 3.63) is 156 Å². The van der Waals surface area contributed by atoms with E-state index in [1.807, 2.05) is 142 Å². The van der Waals surface area contributed by atoms with E-state index in [9.17, 15) is 36.6 Å². The summed E-state index contributed by atoms with van der Waals surface area (Å²) in [6.07, 6.45) is 4.49. The number of ether oxygens (including phenoxy) is 4. The number of nitrogens with zero attached hydrogens (tertiary/aromatic N) is 8. The topological polar surface area (TPSA) is 329 Å². The molecule has 0 aliphatic heterocycles. The van der Waals surface area contributed by atoms with Crippen LogP contribution in [-0.2, 0) is 65.8 Å². The van der Waals surface area contributed by atoms with Crippen molar-refractivity contribution < 1.29 is 41.5 Å². The smallest absolute Gasteiger partial charge is 0.337 e. The van der Waals surface area contributed by atoms with E-state index in [1.54, 1.807) is 66.9 Å². The van der Waals surface area contributed by atoms with Gasteiger partial charge in [-0.2, -0.15) is 0 Å². The number of halogens is 5. The Morgan fingerprint density at radius 1 is 0.574 bits per heavy atom. The number of aromatic nitrogens is 8. The summed E-state index contributed by atoms with van der Waals surface area (Å²) in [4.78, 5) is 78.3. The minimum atomic E-state index is -3.60. The maximum Gasteiger partial charge on any atom is 0.337 e. The maximum absolute atomic E-state index is 12.7. The molecule has 0 fully saturated rings. The SMILES string of the molecule is CC(C)(C)N.COCCn1c(NC(C)(C)C)nc2c(I)cccc2c1=O.COCCn1c(S(C)(=O)=O)nc2c(I)cccc2c1=O.COCCn1c(S(C)=O)nc2c(I)cccc2c1=O.COCCn1c(SC)nc2c(I)cccc2c1=O.Nc1c(I)cccc1C(=O)O. The quantitative estimate of drug-likeness (QED) is 0.0285. The number of carbonyl (C=O) groups is 1. The highest BCUT2D eigenvalue weighted by atomic mass is 127. The van der Waals surface area contributed by atoms with Crippen molar-refractivity contribution in [3.63, 3.8) is 0 Å². The predicted octanol–water partition coefficient (Wildman–Crippen LogP) is 9.98. The van der Waals surface area contributed by atoms with Crippen LogP contribution in [0.1, 0.15) is 51.9 Å². The van der Waals surface area contributed by atoms with Gasteiger partial charge in [0.05, 0.1) is 118 Å². The average molecular weight is 1910 g/mol. The van der Waals surface area contributed by atoms with Crippen LogP contribution in [0.4, 0.5) is 11.6 Å². The number of aromatic carboxylic acids is 1. The molecular weight excluding hydrogens is 1840 g/mol. The Hall–Kier alpha value is -4.37. The molecular formula is C62H76I5N11O13S3. The number of nitrogen functional groups attached to an aromatic ring is 1. The van der Waals surface area contributed by atoms with Gasteiger partial charge in [-0.25, -0.2) is 33.1 Å². The molecule has 6 N–H and O–H groups in total. The molecule has 94 heavy (non-hydrogen) atoms. The normalized spacial score (nSPS) is 11.6. The van der Waals surface area contributed by atoms with Gasteiger partial charge in [0, 0.05) is 69.9 Å². The Morgan fingerprint density at radius 2 is 0.915 bits per heavy atom. The fraction of sp³-hybridized carbons (Fsp3) is 0.371. The second kappa shape index (κ2) is 38.1. The molecule has 9 rings (SSSR count). The van der Waals surface area contributed by atoms with Crippen LogP contribution in [0.25, 0.3) is 43.6 Å². The van der Waals surface area contributed by atoms with E-state index in [-0.39, 0.29) is 57.2 Å². The van der Waals surface area contributed by atoms with E-state index in [0.717, 1.165) is 44.9 Å². The van der Waals surface area contributed by atoms with Crippen LogP contribution in [-0.4, -0.2) is 147 Å². The molecule has 0 aliphatic carbocycles. The van der Waals surface area contributed by atoms with Crippen LogP contribution in [0.5, 0.6) is 0 Å². The molecule has 4 aromatic heterocycles. The van der Waals surface area contributed by atoms with E-state index in [1.165, 1.54) is 35.8 Å². The van der Waals surface area contributed by atoms with Crippen LogP contribution in [0, 0.1) is 17.9 Å². The lowest BCUT2D eigenvalue weighted by Crippen LogP contribution is -2.34. The Bertz CT molecular complexity index is 4520. The van der Waals surface area contributed by atoms with Crippen molar-refractivity contribution in [2.75, 3.05) is 84.7 Å². The van der Waals surface area contributed by atoms with Crippen LogP contribution < -0.4 is 39.0 Å². The number of carboxylic acid groups (broad SMARTS) is 1. The lowest BCUT2D eigenvalue weighted by Gasteiger charge is -2.24. The number of anilines is 2. The van der Waals surface area contributed by atoms with Gasteiger partial charge in [-0.05, 0) is 221 Å². The molecule has 5 aromatic carbocycles. The summed E-state index contributed by atoms with van der Waals surface area (Å²) < 4.78 is 65.8. The van der Waals surface area contributed by atoms with Gasteiger partial charge in [0.2, 0.25) is 26.1 Å². The van der Waals surface area contributed by atoms with E-state index < -0.39 is 26.6 Å². The van der Waals surface area contributed by atoms with E-state index in [0.29, 0.717) is 88.8 Å². The third kappa shape index (κ3) is 23.7. The number of para-hydroxylation sites is 5. The van der Waals surface area contributed by atoms with Crippen LogP contribution in [0.15, 0.2) is 126 Å². The number of nitrogens with two attached hydrogens (primary N) is 2. The molecule has 0 bridgehead atoms. The number of hydrogen-bond acceptors (Lipinski definition) is 20. The van der Waals surface area contributed by atoms with Gasteiger partial charge in [-0.1, -0.05) is 42.1 Å². The summed E-state index contributed by atoms with van der Waals surface area (Å²) in [6, 6.07) is 26.8. The minimum absolute atomic E-state index is 0. The fourth-order valence-electron chi connectivity index (χ4n) is 8.12. The molecule has 510 valence electrons. The summed E-state index contributed by atoms with van der Waals surface area (Å²) in [6.45, 7) is 15.1. The Kier molecular flexibility index (Phi) is 33.3. The number of hydrogen-bond donors (Lipinski definition) is 4. The van der Waals surface area contributed by atoms with E-state index >= 15 is 0 Å². The number of sulfone groups is 1. The summed E-state index contributed by atoms with van der Waals surface area (Å²) in [5.41, 5.74) is 13.1. The molecule has 0 saturated heterocycles. The third-order valence-electron chi connectivity index (χ3n) is 12.3. The van der Waals surface area contributed by atoms with Crippen molar-refractivity contribution in [1.82, 2.24) is 38.2 Å². The first-order valence-corrected chi connectivity index (χ1v) is 38.3. The first-order valence-electron chi connectivity index (χ1n) is 28.2. The molecule has 24 nitrogen and oxygen atoms in total. The molecule has 0 radical (unpaired) electrons. The molecule has 0 aliphatic rings. The molecule has 1 unspecified atom stereocenters. The number of benzene rings is 5. The largest absolute Gasteiger partial charge is 0.478 e. The Labute approximate surface area is 619 Å². The predicted molar refractivity (Wildman–Crippen MR) is 417 cm³/mol. The van der Waals surface area contributed by atoms with E-state index in [2.05, 4.69) is 93.0 Å². The summed E-state index contributed by atoms with van der Waals surface area (Å²) in [5, 5.41) is 15.0. The average Bonchev–Trinajstić information content (AvgIpc) is 0.793. The number of fused-ring (bicyclic) bond motifs is 4. The lowest BCUT2D eigenvalue weighted by molar-refractivity contribution is 0.0697. The standard InChI is InChI=1S/C15H20IN3O2.C12H13IN2O4S.C12H13IN2O3S.C12H13IN2O2S.C7H6INO2.C4H11N/c1-15(2,3)18-14-17-12-10(6-5-7-11(12)16)13(20)19(14)8-9-21-4;1-19-7-6-15-11(16)8-4-3-5-9(13)10(8)14-12(15)20(2,17)18;1-18-7-6-15-11(16)8-4-3-5-9(13)10(8)14-12(15)19(2)17;1-17-7-6-15-11(16)8-4-3-5-9(13)10(8)14-12(15)18-2;8-5-3-1-2-4(6(5)9)7(10)11;1-4(2,3)5/h5-7H,8-9H2,1-4H3,(H,17,18);3-5H,6-7H2,1-2H3;3-5H,6-7H2,1-2H3;3-5H,6-7H2,1-2H3;1-3H,9H2,(H,10,11);5H2,1-3H3. The molecule has 0 spiro atoms. The molecule has 4 heterocycles. The summed E-state index contributed by atoms with van der Waals surface area (Å²) in [5.74, 6) is -0.401. The number of thioether (sulfide) groups is 1. The van der Waals surface area contributed by atoms with Gasteiger partial charge in [0.15, 0.2) is 5.16 Å². The first kappa shape index (κ1) is 82.1. The van der Waals surface area contributed by atoms with Gasteiger partial charge in [0.1, 0.15) is 0 Å². The maximum atomic E-state index is 12.7. The highest BCUT2D eigenvalue weighted by molar-refractivity contribution is 14.1.